The summed E-state index contributed by atoms with van der Waals surface area (Å²) in [7, 11) is 0. The second kappa shape index (κ2) is 8.70. The lowest BCUT2D eigenvalue weighted by molar-refractivity contribution is -0.118. The lowest BCUT2D eigenvalue weighted by atomic mass is 10.1. The molecule has 32 heavy (non-hydrogen) atoms. The van der Waals surface area contributed by atoms with Crippen molar-refractivity contribution in [2.24, 2.45) is 0 Å². The molecule has 2 aromatic heterocycles. The minimum atomic E-state index is -0.754. The molecule has 4 rings (SSSR count). The van der Waals surface area contributed by atoms with E-state index in [0.717, 1.165) is 28.1 Å². The Morgan fingerprint density at radius 1 is 1.09 bits per heavy atom. The lowest BCUT2D eigenvalue weighted by Crippen LogP contribution is -2.32. The highest BCUT2D eigenvalue weighted by Crippen LogP contribution is 2.26. The molecule has 0 aliphatic heterocycles. The number of ether oxygens (including phenoxy) is 1. The van der Waals surface area contributed by atoms with Gasteiger partial charge in [-0.2, -0.15) is 5.10 Å². The highest BCUT2D eigenvalue weighted by molar-refractivity contribution is 5.95. The number of hydrogen-bond donors (Lipinski definition) is 1. The van der Waals surface area contributed by atoms with Gasteiger partial charge in [0, 0.05) is 17.1 Å². The molecular formula is C25H26N4O3. The first-order valence-corrected chi connectivity index (χ1v) is 10.6. The van der Waals surface area contributed by atoms with Gasteiger partial charge in [-0.3, -0.25) is 14.2 Å². The van der Waals surface area contributed by atoms with Crippen LogP contribution in [0.5, 0.6) is 5.75 Å². The molecule has 0 saturated carbocycles. The van der Waals surface area contributed by atoms with E-state index in [4.69, 9.17) is 4.74 Å². The number of anilines is 1. The third-order valence-corrected chi connectivity index (χ3v) is 5.44. The average molecular weight is 431 g/mol. The quantitative estimate of drug-likeness (QED) is 0.492. The van der Waals surface area contributed by atoms with Crippen LogP contribution in [0.1, 0.15) is 31.1 Å². The molecule has 0 saturated heterocycles. The molecule has 0 bridgehead atoms. The van der Waals surface area contributed by atoms with Crippen molar-refractivity contribution in [1.82, 2.24) is 14.3 Å². The van der Waals surface area contributed by atoms with Gasteiger partial charge < -0.3 is 10.1 Å². The highest BCUT2D eigenvalue weighted by atomic mass is 16.5. The minimum absolute atomic E-state index is 0.249. The van der Waals surface area contributed by atoms with Crippen LogP contribution in [0.15, 0.2) is 65.5 Å². The molecule has 0 radical (unpaired) electrons. The maximum absolute atomic E-state index is 13.1. The largest absolute Gasteiger partial charge is 0.494 e. The molecule has 2 heterocycles. The Bertz CT molecular complexity index is 1320. The number of rotatable bonds is 6. The van der Waals surface area contributed by atoms with Crippen molar-refractivity contribution >= 4 is 22.6 Å². The Morgan fingerprint density at radius 3 is 2.44 bits per heavy atom. The number of nitrogens with one attached hydrogen (secondary N) is 1. The van der Waals surface area contributed by atoms with Gasteiger partial charge in [-0.1, -0.05) is 18.2 Å². The van der Waals surface area contributed by atoms with Gasteiger partial charge in [0.1, 0.15) is 17.4 Å². The first kappa shape index (κ1) is 21.4. The van der Waals surface area contributed by atoms with Gasteiger partial charge in [-0.15, -0.1) is 0 Å². The Labute approximate surface area is 186 Å². The summed E-state index contributed by atoms with van der Waals surface area (Å²) in [4.78, 5) is 26.2. The van der Waals surface area contributed by atoms with E-state index in [-0.39, 0.29) is 11.5 Å². The van der Waals surface area contributed by atoms with E-state index in [1.165, 1.54) is 4.57 Å². The normalized spacial score (nSPS) is 12.0. The third-order valence-electron chi connectivity index (χ3n) is 5.44. The van der Waals surface area contributed by atoms with Crippen LogP contribution in [0.2, 0.25) is 0 Å². The van der Waals surface area contributed by atoms with Crippen molar-refractivity contribution in [2.45, 2.75) is 33.7 Å². The zero-order chi connectivity index (χ0) is 22.8. The molecule has 0 fully saturated rings. The molecule has 0 aliphatic rings. The molecule has 1 unspecified atom stereocenters. The van der Waals surface area contributed by atoms with E-state index in [2.05, 4.69) is 10.4 Å². The molecular weight excluding hydrogens is 404 g/mol. The lowest BCUT2D eigenvalue weighted by Gasteiger charge is -2.18. The summed E-state index contributed by atoms with van der Waals surface area (Å²) in [6.45, 7) is 8.01. The van der Waals surface area contributed by atoms with Gasteiger partial charge in [0.2, 0.25) is 5.91 Å². The summed E-state index contributed by atoms with van der Waals surface area (Å²) in [5.74, 6) is 0.442. The maximum atomic E-state index is 13.1. The predicted molar refractivity (Wildman–Crippen MR) is 126 cm³/mol. The molecule has 164 valence electrons. The monoisotopic (exact) mass is 430 g/mol. The third kappa shape index (κ3) is 3.89. The summed E-state index contributed by atoms with van der Waals surface area (Å²) in [6, 6.07) is 17.6. The fourth-order valence-corrected chi connectivity index (χ4v) is 3.92. The van der Waals surface area contributed by atoms with Crippen LogP contribution in [0.4, 0.5) is 5.69 Å². The number of benzene rings is 2. The number of carbonyl (C=O) groups is 1. The van der Waals surface area contributed by atoms with Crippen molar-refractivity contribution in [3.63, 3.8) is 0 Å². The molecule has 1 atom stereocenters. The van der Waals surface area contributed by atoms with Crippen molar-refractivity contribution in [1.29, 1.82) is 0 Å². The number of carbonyl (C=O) groups excluding carboxylic acids is 1. The molecule has 4 aromatic rings. The predicted octanol–water partition coefficient (Wildman–Crippen LogP) is 4.40. The minimum Gasteiger partial charge on any atom is -0.494 e. The second-order valence-corrected chi connectivity index (χ2v) is 7.69. The summed E-state index contributed by atoms with van der Waals surface area (Å²) in [6.07, 6.45) is 0. The zero-order valence-corrected chi connectivity index (χ0v) is 18.6. The Kier molecular flexibility index (Phi) is 5.81. The number of para-hydroxylation sites is 1. The van der Waals surface area contributed by atoms with E-state index in [1.807, 2.05) is 51.1 Å². The van der Waals surface area contributed by atoms with Crippen LogP contribution in [-0.2, 0) is 4.79 Å². The second-order valence-electron chi connectivity index (χ2n) is 7.69. The van der Waals surface area contributed by atoms with E-state index < -0.39 is 6.04 Å². The Hall–Kier alpha value is -3.87. The van der Waals surface area contributed by atoms with Gasteiger partial charge in [0.25, 0.3) is 5.56 Å². The van der Waals surface area contributed by atoms with Gasteiger partial charge >= 0.3 is 0 Å². The topological polar surface area (TPSA) is 78.2 Å². The standard InChI is InChI=1S/C25H26N4O3/c1-5-32-21-13-11-19(12-14-21)26-24(31)18(4)28-22(30)15-16(2)23-17(3)27-29(25(23)28)20-9-7-6-8-10-20/h6-15,18H,5H2,1-4H3,(H,26,31). The van der Waals surface area contributed by atoms with Crippen LogP contribution in [0.3, 0.4) is 0 Å². The molecule has 7 heteroatoms. The van der Waals surface area contributed by atoms with Crippen LogP contribution in [-0.4, -0.2) is 26.9 Å². The van der Waals surface area contributed by atoms with E-state index in [9.17, 15) is 9.59 Å². The zero-order valence-electron chi connectivity index (χ0n) is 18.6. The van der Waals surface area contributed by atoms with E-state index in [0.29, 0.717) is 17.9 Å². The first-order chi connectivity index (χ1) is 15.4. The summed E-state index contributed by atoms with van der Waals surface area (Å²) in [5, 5.41) is 8.45. The van der Waals surface area contributed by atoms with Crippen LogP contribution in [0.25, 0.3) is 16.7 Å². The number of aryl methyl sites for hydroxylation is 2. The summed E-state index contributed by atoms with van der Waals surface area (Å²) >= 11 is 0. The first-order valence-electron chi connectivity index (χ1n) is 10.6. The molecule has 1 amide bonds. The smallest absolute Gasteiger partial charge is 0.253 e. The van der Waals surface area contributed by atoms with Gasteiger partial charge in [0.15, 0.2) is 0 Å². The van der Waals surface area contributed by atoms with Crippen LogP contribution < -0.4 is 15.6 Å². The average Bonchev–Trinajstić information content (AvgIpc) is 3.13. The van der Waals surface area contributed by atoms with E-state index >= 15 is 0 Å². The van der Waals surface area contributed by atoms with Crippen molar-refractivity contribution in [3.05, 3.63) is 82.3 Å². The van der Waals surface area contributed by atoms with Crippen molar-refractivity contribution < 1.29 is 9.53 Å². The SMILES string of the molecule is CCOc1ccc(NC(=O)C(C)n2c(=O)cc(C)c3c(C)nn(-c4ccccc4)c32)cc1. The summed E-state index contributed by atoms with van der Waals surface area (Å²) < 4.78 is 8.70. The molecule has 0 spiro atoms. The van der Waals surface area contributed by atoms with E-state index in [1.54, 1.807) is 41.9 Å². The molecule has 7 nitrogen and oxygen atoms in total. The molecule has 1 N–H and O–H groups in total. The maximum Gasteiger partial charge on any atom is 0.253 e. The molecule has 0 aliphatic carbocycles. The number of hydrogen-bond acceptors (Lipinski definition) is 4. The number of amides is 1. The highest BCUT2D eigenvalue weighted by Gasteiger charge is 2.24. The Morgan fingerprint density at radius 2 is 1.78 bits per heavy atom. The fraction of sp³-hybridized carbons (Fsp3) is 0.240. The van der Waals surface area contributed by atoms with Gasteiger partial charge in [-0.05, 0) is 69.7 Å². The Balaban J connectivity index is 1.77. The fourth-order valence-electron chi connectivity index (χ4n) is 3.92. The number of pyridine rings is 1. The van der Waals surface area contributed by atoms with Gasteiger partial charge in [-0.25, -0.2) is 4.68 Å². The summed E-state index contributed by atoms with van der Waals surface area (Å²) in [5.41, 5.74) is 3.45. The van der Waals surface area contributed by atoms with Crippen LogP contribution in [0, 0.1) is 13.8 Å². The number of fused-ring (bicyclic) bond motifs is 1. The number of nitrogens with zero attached hydrogens (tertiary/aromatic N) is 3. The number of aromatic nitrogens is 3. The van der Waals surface area contributed by atoms with Crippen LogP contribution >= 0.6 is 0 Å². The van der Waals surface area contributed by atoms with Crippen molar-refractivity contribution in [2.75, 3.05) is 11.9 Å². The molecule has 2 aromatic carbocycles. The van der Waals surface area contributed by atoms with Crippen molar-refractivity contribution in [3.8, 4) is 11.4 Å². The van der Waals surface area contributed by atoms with Gasteiger partial charge in [0.05, 0.1) is 18.0 Å².